The summed E-state index contributed by atoms with van der Waals surface area (Å²) in [6.45, 7) is 0. The van der Waals surface area contributed by atoms with Gasteiger partial charge in [0, 0.05) is 0 Å². The third-order valence-electron chi connectivity index (χ3n) is 3.04. The number of halogens is 4. The second-order valence-corrected chi connectivity index (χ2v) is 6.56. The molecule has 0 heterocycles. The van der Waals surface area contributed by atoms with E-state index in [0.29, 0.717) is 0 Å². The molecule has 0 nitrogen and oxygen atoms in total. The molecule has 0 amide bonds. The van der Waals surface area contributed by atoms with Gasteiger partial charge < -0.3 is 49.6 Å². The molecule has 0 saturated carbocycles. The standard InChI is InChI=1S/C18H15P.4ClH.Ru/c1-4-10-16(11-5-1)19(17-12-6-2-7-13-17)18-14-8-3-9-15-18;;;;;/h1-15H;4*1H;/q;;;;;+4/p-4. The molecule has 0 spiro atoms. The van der Waals surface area contributed by atoms with Crippen LogP contribution in [0.1, 0.15) is 0 Å². The van der Waals surface area contributed by atoms with Crippen molar-refractivity contribution in [2.75, 3.05) is 0 Å². The summed E-state index contributed by atoms with van der Waals surface area (Å²) in [4.78, 5) is 0. The zero-order valence-corrected chi connectivity index (χ0v) is 18.1. The van der Waals surface area contributed by atoms with Crippen LogP contribution >= 0.6 is 7.92 Å². The largest absolute Gasteiger partial charge is 4.00 e. The molecule has 0 N–H and O–H groups in total. The van der Waals surface area contributed by atoms with E-state index < -0.39 is 7.92 Å². The second-order valence-electron chi connectivity index (χ2n) is 4.34. The molecule has 6 heteroatoms. The molecule has 0 atom stereocenters. The van der Waals surface area contributed by atoms with Crippen LogP contribution < -0.4 is 65.5 Å². The van der Waals surface area contributed by atoms with Gasteiger partial charge in [-0.1, -0.05) is 91.0 Å². The maximum absolute atomic E-state index is 2.23. The summed E-state index contributed by atoms with van der Waals surface area (Å²) in [6, 6.07) is 32.3. The minimum atomic E-state index is -0.446. The van der Waals surface area contributed by atoms with Crippen LogP contribution in [0.4, 0.5) is 0 Å². The monoisotopic (exact) mass is 504 g/mol. The zero-order chi connectivity index (χ0) is 12.9. The van der Waals surface area contributed by atoms with Crippen molar-refractivity contribution in [3.63, 3.8) is 0 Å². The van der Waals surface area contributed by atoms with E-state index in [4.69, 9.17) is 0 Å². The van der Waals surface area contributed by atoms with Crippen molar-refractivity contribution >= 4 is 23.8 Å². The Hall–Kier alpha value is -0.127. The molecule has 0 radical (unpaired) electrons. The van der Waals surface area contributed by atoms with Gasteiger partial charge in [0.05, 0.1) is 0 Å². The van der Waals surface area contributed by atoms with Gasteiger partial charge in [-0.15, -0.1) is 0 Å². The maximum atomic E-state index is 2.23. The van der Waals surface area contributed by atoms with E-state index in [2.05, 4.69) is 91.0 Å². The Morgan fingerprint density at radius 1 is 0.375 bits per heavy atom. The normalized spacial score (nSPS) is 8.38. The van der Waals surface area contributed by atoms with Crippen molar-refractivity contribution < 1.29 is 69.1 Å². The Bertz CT molecular complexity index is 545. The smallest absolute Gasteiger partial charge is 1.00 e. The van der Waals surface area contributed by atoms with Crippen LogP contribution in [-0.2, 0) is 19.5 Å². The minimum Gasteiger partial charge on any atom is -1.00 e. The van der Waals surface area contributed by atoms with Gasteiger partial charge in [0.2, 0.25) is 0 Å². The Labute approximate surface area is 183 Å². The summed E-state index contributed by atoms with van der Waals surface area (Å²) in [5.41, 5.74) is 0. The van der Waals surface area contributed by atoms with Crippen LogP contribution in [0.25, 0.3) is 0 Å². The Kier molecular flexibility index (Phi) is 18.1. The van der Waals surface area contributed by atoms with E-state index in [-0.39, 0.29) is 69.1 Å². The molecule has 0 aliphatic rings. The first-order valence-corrected chi connectivity index (χ1v) is 7.74. The Balaban J connectivity index is -0.000000882. The molecule has 3 aromatic rings. The number of hydrogen-bond donors (Lipinski definition) is 0. The third-order valence-corrected chi connectivity index (χ3v) is 5.49. The van der Waals surface area contributed by atoms with Gasteiger partial charge in [-0.25, -0.2) is 0 Å². The average molecular weight is 505 g/mol. The van der Waals surface area contributed by atoms with E-state index in [9.17, 15) is 0 Å². The van der Waals surface area contributed by atoms with E-state index in [1.165, 1.54) is 15.9 Å². The van der Waals surface area contributed by atoms with Crippen molar-refractivity contribution in [3.05, 3.63) is 91.0 Å². The first-order valence-electron chi connectivity index (χ1n) is 6.40. The summed E-state index contributed by atoms with van der Waals surface area (Å²) >= 11 is 0. The van der Waals surface area contributed by atoms with E-state index in [1.54, 1.807) is 0 Å². The van der Waals surface area contributed by atoms with E-state index in [0.717, 1.165) is 0 Å². The molecule has 0 aliphatic heterocycles. The number of hydrogen-bond acceptors (Lipinski definition) is 0. The molecular formula is C18H15Cl4PRu. The predicted octanol–water partition coefficient (Wildman–Crippen LogP) is -8.54. The molecule has 128 valence electrons. The van der Waals surface area contributed by atoms with Crippen molar-refractivity contribution in [1.29, 1.82) is 0 Å². The molecule has 0 fully saturated rings. The van der Waals surface area contributed by atoms with E-state index >= 15 is 0 Å². The molecule has 0 saturated heterocycles. The maximum Gasteiger partial charge on any atom is 4.00 e. The summed E-state index contributed by atoms with van der Waals surface area (Å²) in [7, 11) is -0.446. The first kappa shape index (κ1) is 28.7. The van der Waals surface area contributed by atoms with Gasteiger partial charge in [0.15, 0.2) is 0 Å². The molecule has 3 rings (SSSR count). The van der Waals surface area contributed by atoms with Crippen molar-refractivity contribution in [3.8, 4) is 0 Å². The third kappa shape index (κ3) is 7.41. The molecule has 0 aliphatic carbocycles. The summed E-state index contributed by atoms with van der Waals surface area (Å²) in [5.74, 6) is 0. The van der Waals surface area contributed by atoms with Gasteiger partial charge in [-0.3, -0.25) is 0 Å². The van der Waals surface area contributed by atoms with Crippen LogP contribution in [0.2, 0.25) is 0 Å². The van der Waals surface area contributed by atoms with E-state index in [1.807, 2.05) is 0 Å². The molecule has 24 heavy (non-hydrogen) atoms. The topological polar surface area (TPSA) is 0 Å². The SMILES string of the molecule is [Cl-].[Cl-].[Cl-].[Cl-].[Ru+4].c1ccc(P(c2ccccc2)c2ccccc2)cc1. The fraction of sp³-hybridized carbons (Fsp3) is 0. The summed E-state index contributed by atoms with van der Waals surface area (Å²) in [6.07, 6.45) is 0. The van der Waals surface area contributed by atoms with Crippen LogP contribution in [0.15, 0.2) is 91.0 Å². The van der Waals surface area contributed by atoms with Crippen molar-refractivity contribution in [1.82, 2.24) is 0 Å². The molecule has 3 aromatic carbocycles. The van der Waals surface area contributed by atoms with Crippen LogP contribution in [0.3, 0.4) is 0 Å². The van der Waals surface area contributed by atoms with Gasteiger partial charge in [0.25, 0.3) is 0 Å². The van der Waals surface area contributed by atoms with Gasteiger partial charge >= 0.3 is 19.5 Å². The Morgan fingerprint density at radius 3 is 0.792 bits per heavy atom. The number of rotatable bonds is 3. The summed E-state index contributed by atoms with van der Waals surface area (Å²) in [5, 5.41) is 4.19. The van der Waals surface area contributed by atoms with Gasteiger partial charge in [-0.05, 0) is 23.8 Å². The van der Waals surface area contributed by atoms with Crippen LogP contribution in [0.5, 0.6) is 0 Å². The quantitative estimate of drug-likeness (QED) is 0.245. The summed E-state index contributed by atoms with van der Waals surface area (Å²) < 4.78 is 0. The molecule has 0 unspecified atom stereocenters. The minimum absolute atomic E-state index is 0. The molecule has 0 bridgehead atoms. The van der Waals surface area contributed by atoms with Gasteiger partial charge in [-0.2, -0.15) is 0 Å². The first-order chi connectivity index (χ1) is 9.45. The predicted molar refractivity (Wildman–Crippen MR) is 85.1 cm³/mol. The van der Waals surface area contributed by atoms with Crippen molar-refractivity contribution in [2.24, 2.45) is 0 Å². The zero-order valence-electron chi connectivity index (χ0n) is 12.5. The molecule has 0 aromatic heterocycles. The molecular weight excluding hydrogens is 490 g/mol. The number of benzene rings is 3. The van der Waals surface area contributed by atoms with Crippen LogP contribution in [-0.4, -0.2) is 0 Å². The average Bonchev–Trinajstić information content (AvgIpc) is 2.51. The van der Waals surface area contributed by atoms with Gasteiger partial charge in [0.1, 0.15) is 0 Å². The van der Waals surface area contributed by atoms with Crippen LogP contribution in [0, 0.1) is 0 Å². The fourth-order valence-corrected chi connectivity index (χ4v) is 4.48. The van der Waals surface area contributed by atoms with Crippen molar-refractivity contribution in [2.45, 2.75) is 0 Å². The Morgan fingerprint density at radius 2 is 0.583 bits per heavy atom. The second kappa shape index (κ2) is 15.2. The fourth-order valence-electron chi connectivity index (χ4n) is 2.18.